The molecule has 2 rings (SSSR count). The highest BCUT2D eigenvalue weighted by Gasteiger charge is 2.08. The molecule has 0 saturated heterocycles. The highest BCUT2D eigenvalue weighted by molar-refractivity contribution is 5.99. The summed E-state index contributed by atoms with van der Waals surface area (Å²) in [7, 11) is 0. The van der Waals surface area contributed by atoms with Crippen LogP contribution >= 0.6 is 0 Å². The minimum atomic E-state index is -0.816. The molecule has 0 fully saturated rings. The number of anilines is 2. The number of aromatic nitrogens is 2. The van der Waals surface area contributed by atoms with Crippen LogP contribution in [0.3, 0.4) is 0 Å². The summed E-state index contributed by atoms with van der Waals surface area (Å²) in [4.78, 5) is 22.2. The smallest absolute Gasteiger partial charge is 0.305 e. The van der Waals surface area contributed by atoms with Crippen molar-refractivity contribution in [3.8, 4) is 0 Å². The highest BCUT2D eigenvalue weighted by Crippen LogP contribution is 2.15. The van der Waals surface area contributed by atoms with Gasteiger partial charge in [0.1, 0.15) is 11.6 Å². The number of nitrogens with zero attached hydrogens (tertiary/aromatic N) is 1. The Morgan fingerprint density at radius 2 is 1.95 bits per heavy atom. The fourth-order valence-electron chi connectivity index (χ4n) is 1.28. The predicted molar refractivity (Wildman–Crippen MR) is 63.9 cm³/mol. The molecule has 3 N–H and O–H groups in total. The van der Waals surface area contributed by atoms with Crippen molar-refractivity contribution in [1.82, 2.24) is 10.2 Å². The van der Waals surface area contributed by atoms with Crippen LogP contribution in [0.1, 0.15) is 0 Å². The van der Waals surface area contributed by atoms with Gasteiger partial charge in [0.05, 0.1) is 5.69 Å². The number of aromatic amines is 1. The first-order valence-electron chi connectivity index (χ1n) is 5.13. The van der Waals surface area contributed by atoms with Gasteiger partial charge >= 0.3 is 6.03 Å². The third kappa shape index (κ3) is 3.35. The highest BCUT2D eigenvalue weighted by atomic mass is 19.1. The average Bonchev–Trinajstić information content (AvgIpc) is 2.37. The van der Waals surface area contributed by atoms with Gasteiger partial charge in [0.15, 0.2) is 5.82 Å². The fourth-order valence-corrected chi connectivity index (χ4v) is 1.28. The zero-order valence-corrected chi connectivity index (χ0v) is 9.41. The minimum absolute atomic E-state index is 0.0638. The van der Waals surface area contributed by atoms with Crippen molar-refractivity contribution in [3.05, 3.63) is 52.3 Å². The summed E-state index contributed by atoms with van der Waals surface area (Å²) in [6, 6.07) is 4.27. The maximum Gasteiger partial charge on any atom is 0.324 e. The fraction of sp³-hybridized carbons (Fsp3) is 0. The van der Waals surface area contributed by atoms with E-state index in [2.05, 4.69) is 20.8 Å². The number of nitrogens with one attached hydrogen (secondary N) is 3. The lowest BCUT2D eigenvalue weighted by Gasteiger charge is -2.07. The van der Waals surface area contributed by atoms with Gasteiger partial charge in [-0.25, -0.2) is 18.7 Å². The molecule has 0 aliphatic carbocycles. The number of amides is 2. The van der Waals surface area contributed by atoms with Gasteiger partial charge in [-0.15, -0.1) is 0 Å². The van der Waals surface area contributed by atoms with Gasteiger partial charge in [0.25, 0.3) is 5.56 Å². The van der Waals surface area contributed by atoms with Crippen LogP contribution in [0, 0.1) is 11.6 Å². The van der Waals surface area contributed by atoms with E-state index in [1.807, 2.05) is 0 Å². The Morgan fingerprint density at radius 1 is 1.16 bits per heavy atom. The molecular weight excluding hydrogens is 258 g/mol. The average molecular weight is 266 g/mol. The molecule has 0 saturated carbocycles. The molecule has 0 radical (unpaired) electrons. The third-order valence-corrected chi connectivity index (χ3v) is 2.10. The number of urea groups is 1. The number of carbonyl (C=O) groups excluding carboxylic acids is 1. The van der Waals surface area contributed by atoms with Gasteiger partial charge in [0, 0.05) is 12.1 Å². The number of H-pyrrole nitrogens is 1. The van der Waals surface area contributed by atoms with E-state index < -0.39 is 23.2 Å². The van der Waals surface area contributed by atoms with Crippen molar-refractivity contribution in [2.75, 3.05) is 10.6 Å². The molecular formula is C11H8F2N4O2. The molecule has 6 nitrogen and oxygen atoms in total. The first kappa shape index (κ1) is 12.7. The van der Waals surface area contributed by atoms with Crippen LogP contribution in [0.25, 0.3) is 0 Å². The number of benzene rings is 1. The molecule has 0 aliphatic rings. The van der Waals surface area contributed by atoms with E-state index in [9.17, 15) is 18.4 Å². The molecule has 0 spiro atoms. The summed E-state index contributed by atoms with van der Waals surface area (Å²) >= 11 is 0. The van der Waals surface area contributed by atoms with E-state index in [-0.39, 0.29) is 11.5 Å². The van der Waals surface area contributed by atoms with Crippen molar-refractivity contribution in [1.29, 1.82) is 0 Å². The standard InChI is InChI=1S/C11H8F2N4O2/c12-6-1-2-7(13)8(5-6)14-11(19)15-9-3-4-10(18)17-16-9/h1-5H,(H,17,18)(H2,14,15,16,19). The topological polar surface area (TPSA) is 86.9 Å². The van der Waals surface area contributed by atoms with Crippen molar-refractivity contribution in [2.24, 2.45) is 0 Å². The molecule has 0 unspecified atom stereocenters. The number of hydrogen-bond acceptors (Lipinski definition) is 3. The number of halogens is 2. The number of rotatable bonds is 2. The predicted octanol–water partition coefficient (Wildman–Crippen LogP) is 1.69. The van der Waals surface area contributed by atoms with Crippen LogP contribution in [0.2, 0.25) is 0 Å². The Hall–Kier alpha value is -2.77. The van der Waals surface area contributed by atoms with Crippen molar-refractivity contribution >= 4 is 17.5 Å². The van der Waals surface area contributed by atoms with Gasteiger partial charge in [-0.05, 0) is 18.2 Å². The van der Waals surface area contributed by atoms with Gasteiger partial charge in [0.2, 0.25) is 0 Å². The summed E-state index contributed by atoms with van der Waals surface area (Å²) in [5.74, 6) is -1.39. The lowest BCUT2D eigenvalue weighted by molar-refractivity contribution is 0.262. The summed E-state index contributed by atoms with van der Waals surface area (Å²) < 4.78 is 26.1. The molecule has 98 valence electrons. The first-order chi connectivity index (χ1) is 9.04. The summed E-state index contributed by atoms with van der Waals surface area (Å²) in [5, 5.41) is 9.99. The Balaban J connectivity index is 2.07. The summed E-state index contributed by atoms with van der Waals surface area (Å²) in [6.45, 7) is 0. The molecule has 8 heteroatoms. The molecule has 0 aliphatic heterocycles. The van der Waals surface area contributed by atoms with E-state index in [4.69, 9.17) is 0 Å². The molecule has 2 amide bonds. The molecule has 0 bridgehead atoms. The minimum Gasteiger partial charge on any atom is -0.305 e. The maximum atomic E-state index is 13.2. The van der Waals surface area contributed by atoms with Crippen LogP contribution in [-0.4, -0.2) is 16.2 Å². The number of carbonyl (C=O) groups is 1. The number of hydrogen-bond donors (Lipinski definition) is 3. The van der Waals surface area contributed by atoms with Crippen LogP contribution < -0.4 is 16.2 Å². The molecule has 2 aromatic rings. The van der Waals surface area contributed by atoms with Crippen molar-refractivity contribution in [3.63, 3.8) is 0 Å². The quantitative estimate of drug-likeness (QED) is 0.773. The Labute approximate surface area is 105 Å². The molecule has 1 aromatic heterocycles. The van der Waals surface area contributed by atoms with Crippen LogP contribution in [-0.2, 0) is 0 Å². The second-order valence-electron chi connectivity index (χ2n) is 3.51. The third-order valence-electron chi connectivity index (χ3n) is 2.10. The molecule has 1 heterocycles. The molecule has 1 aromatic carbocycles. The first-order valence-corrected chi connectivity index (χ1v) is 5.13. The lowest BCUT2D eigenvalue weighted by atomic mass is 10.3. The van der Waals surface area contributed by atoms with E-state index in [0.29, 0.717) is 0 Å². The molecule has 0 atom stereocenters. The van der Waals surface area contributed by atoms with Gasteiger partial charge < -0.3 is 5.32 Å². The largest absolute Gasteiger partial charge is 0.324 e. The van der Waals surface area contributed by atoms with Crippen LogP contribution in [0.5, 0.6) is 0 Å². The Bertz CT molecular complexity index is 651. The molecule has 19 heavy (non-hydrogen) atoms. The zero-order chi connectivity index (χ0) is 13.8. The SMILES string of the molecule is O=C(Nc1ccc(=O)[nH]n1)Nc1cc(F)ccc1F. The van der Waals surface area contributed by atoms with Gasteiger partial charge in [-0.3, -0.25) is 10.1 Å². The summed E-state index contributed by atoms with van der Waals surface area (Å²) in [6.07, 6.45) is 0. The van der Waals surface area contributed by atoms with Gasteiger partial charge in [-0.1, -0.05) is 0 Å². The second kappa shape index (κ2) is 5.25. The summed E-state index contributed by atoms with van der Waals surface area (Å²) in [5.41, 5.74) is -0.732. The Kier molecular flexibility index (Phi) is 3.51. The lowest BCUT2D eigenvalue weighted by Crippen LogP contribution is -2.22. The van der Waals surface area contributed by atoms with Gasteiger partial charge in [-0.2, -0.15) is 5.10 Å². The van der Waals surface area contributed by atoms with Crippen molar-refractivity contribution in [2.45, 2.75) is 0 Å². The van der Waals surface area contributed by atoms with E-state index in [1.165, 1.54) is 6.07 Å². The normalized spacial score (nSPS) is 10.0. The maximum absolute atomic E-state index is 13.2. The van der Waals surface area contributed by atoms with Crippen LogP contribution in [0.4, 0.5) is 25.1 Å². The Morgan fingerprint density at radius 3 is 2.63 bits per heavy atom. The zero-order valence-electron chi connectivity index (χ0n) is 9.41. The monoisotopic (exact) mass is 266 g/mol. The van der Waals surface area contributed by atoms with Crippen LogP contribution in [0.15, 0.2) is 35.1 Å². The van der Waals surface area contributed by atoms with E-state index >= 15 is 0 Å². The van der Waals surface area contributed by atoms with E-state index in [1.54, 1.807) is 0 Å². The van der Waals surface area contributed by atoms with E-state index in [0.717, 1.165) is 24.3 Å². The second-order valence-corrected chi connectivity index (χ2v) is 3.51. The van der Waals surface area contributed by atoms with Crippen molar-refractivity contribution < 1.29 is 13.6 Å².